The van der Waals surface area contributed by atoms with Crippen molar-refractivity contribution in [2.45, 2.75) is 59.7 Å². The summed E-state index contributed by atoms with van der Waals surface area (Å²) in [5.41, 5.74) is 0.103. The Hall–Kier alpha value is -1.84. The smallest absolute Gasteiger partial charge is 0.339 e. The molecule has 0 N–H and O–H groups in total. The van der Waals surface area contributed by atoms with Gasteiger partial charge in [0.05, 0.1) is 11.1 Å². The van der Waals surface area contributed by atoms with Crippen LogP contribution >= 0.6 is 0 Å². The largest absolute Gasteiger partial charge is 0.456 e. The summed E-state index contributed by atoms with van der Waals surface area (Å²) >= 11 is 0. The molecular weight excluding hydrogens is 268 g/mol. The van der Waals surface area contributed by atoms with Crippen LogP contribution in [0, 0.1) is 6.92 Å². The monoisotopic (exact) mass is 292 g/mol. The molecule has 0 fully saturated rings. The molecular formula is C17H24O4. The van der Waals surface area contributed by atoms with Crippen molar-refractivity contribution < 1.29 is 19.1 Å². The van der Waals surface area contributed by atoms with Gasteiger partial charge in [-0.05, 0) is 60.6 Å². The lowest BCUT2D eigenvalue weighted by Gasteiger charge is -2.22. The number of benzene rings is 1. The van der Waals surface area contributed by atoms with E-state index in [-0.39, 0.29) is 11.1 Å². The van der Waals surface area contributed by atoms with Crippen LogP contribution in [-0.4, -0.2) is 23.1 Å². The minimum atomic E-state index is -0.619. The van der Waals surface area contributed by atoms with E-state index in [1.54, 1.807) is 59.7 Å². The molecule has 4 nitrogen and oxygen atoms in total. The number of aryl methyl sites for hydroxylation is 1. The average Bonchev–Trinajstić information content (AvgIpc) is 2.23. The van der Waals surface area contributed by atoms with Gasteiger partial charge in [0.2, 0.25) is 0 Å². The first-order valence-electron chi connectivity index (χ1n) is 6.96. The Balaban J connectivity index is 3.17. The van der Waals surface area contributed by atoms with Gasteiger partial charge >= 0.3 is 11.9 Å². The number of hydrogen-bond donors (Lipinski definition) is 0. The minimum absolute atomic E-state index is 0.227. The van der Waals surface area contributed by atoms with Gasteiger partial charge in [-0.3, -0.25) is 0 Å². The summed E-state index contributed by atoms with van der Waals surface area (Å²) in [6.07, 6.45) is 0. The number of ether oxygens (including phenoxy) is 2. The molecule has 116 valence electrons. The molecule has 0 aromatic heterocycles. The highest BCUT2D eigenvalue weighted by Crippen LogP contribution is 2.20. The van der Waals surface area contributed by atoms with Crippen molar-refractivity contribution in [2.24, 2.45) is 0 Å². The second-order valence-corrected chi connectivity index (χ2v) is 7.05. The van der Waals surface area contributed by atoms with Crippen molar-refractivity contribution in [2.75, 3.05) is 0 Å². The summed E-state index contributed by atoms with van der Waals surface area (Å²) in [7, 11) is 0. The lowest BCUT2D eigenvalue weighted by atomic mass is 10.0. The molecule has 0 atom stereocenters. The Bertz CT molecular complexity index is 545. The van der Waals surface area contributed by atoms with Crippen molar-refractivity contribution in [3.63, 3.8) is 0 Å². The average molecular weight is 292 g/mol. The van der Waals surface area contributed by atoms with Crippen LogP contribution in [-0.2, 0) is 9.47 Å². The van der Waals surface area contributed by atoms with Crippen LogP contribution in [0.15, 0.2) is 18.2 Å². The Labute approximate surface area is 126 Å². The number of esters is 2. The van der Waals surface area contributed by atoms with Gasteiger partial charge in [0.15, 0.2) is 0 Å². The Kier molecular flexibility index (Phi) is 4.82. The zero-order chi connectivity index (χ0) is 16.4. The fraction of sp³-hybridized carbons (Fsp3) is 0.529. The Morgan fingerprint density at radius 1 is 0.810 bits per heavy atom. The van der Waals surface area contributed by atoms with E-state index in [2.05, 4.69) is 0 Å². The van der Waals surface area contributed by atoms with E-state index in [1.165, 1.54) is 0 Å². The quantitative estimate of drug-likeness (QED) is 0.776. The minimum Gasteiger partial charge on any atom is -0.456 e. The van der Waals surface area contributed by atoms with Crippen LogP contribution in [0.5, 0.6) is 0 Å². The van der Waals surface area contributed by atoms with Gasteiger partial charge in [-0.25, -0.2) is 9.59 Å². The molecule has 1 aromatic rings. The topological polar surface area (TPSA) is 52.6 Å². The molecule has 0 spiro atoms. The lowest BCUT2D eigenvalue weighted by Crippen LogP contribution is -2.28. The number of hydrogen-bond acceptors (Lipinski definition) is 4. The van der Waals surface area contributed by atoms with E-state index in [9.17, 15) is 9.59 Å². The normalized spacial score (nSPS) is 12.0. The van der Waals surface area contributed by atoms with Crippen LogP contribution in [0.4, 0.5) is 0 Å². The fourth-order valence-corrected chi connectivity index (χ4v) is 1.67. The van der Waals surface area contributed by atoms with Gasteiger partial charge in [-0.2, -0.15) is 0 Å². The summed E-state index contributed by atoms with van der Waals surface area (Å²) in [6, 6.07) is 5.02. The van der Waals surface area contributed by atoms with Crippen molar-refractivity contribution >= 4 is 11.9 Å². The third-order valence-corrected chi connectivity index (χ3v) is 2.41. The molecule has 0 aliphatic heterocycles. The fourth-order valence-electron chi connectivity index (χ4n) is 1.67. The van der Waals surface area contributed by atoms with Crippen LogP contribution in [0.2, 0.25) is 0 Å². The van der Waals surface area contributed by atoms with Crippen LogP contribution in [0.25, 0.3) is 0 Å². The predicted octanol–water partition coefficient (Wildman–Crippen LogP) is 3.91. The first-order valence-corrected chi connectivity index (χ1v) is 6.96. The van der Waals surface area contributed by atoms with Gasteiger partial charge in [-0.1, -0.05) is 11.6 Å². The standard InChI is InChI=1S/C17H24O4/c1-11-8-9-12(14(18)20-16(2,3)4)13(10-11)15(19)21-17(5,6)7/h8-10H,1-7H3. The molecule has 0 aliphatic carbocycles. The summed E-state index contributed by atoms with van der Waals surface area (Å²) < 4.78 is 10.7. The zero-order valence-corrected chi connectivity index (χ0v) is 13.9. The Morgan fingerprint density at radius 3 is 1.67 bits per heavy atom. The maximum atomic E-state index is 12.3. The van der Waals surface area contributed by atoms with E-state index < -0.39 is 23.1 Å². The number of carbonyl (C=O) groups is 2. The van der Waals surface area contributed by atoms with E-state index >= 15 is 0 Å². The van der Waals surface area contributed by atoms with E-state index in [0.717, 1.165) is 5.56 Å². The summed E-state index contributed by atoms with van der Waals surface area (Å²) in [5.74, 6) is -1.05. The lowest BCUT2D eigenvalue weighted by molar-refractivity contribution is 0.00186. The molecule has 0 saturated carbocycles. The van der Waals surface area contributed by atoms with E-state index in [4.69, 9.17) is 9.47 Å². The zero-order valence-electron chi connectivity index (χ0n) is 13.9. The summed E-state index contributed by atoms with van der Waals surface area (Å²) in [6.45, 7) is 12.6. The highest BCUT2D eigenvalue weighted by Gasteiger charge is 2.26. The molecule has 4 heteroatoms. The van der Waals surface area contributed by atoms with Crippen LogP contribution < -0.4 is 0 Å². The van der Waals surface area contributed by atoms with Crippen LogP contribution in [0.1, 0.15) is 67.8 Å². The van der Waals surface area contributed by atoms with Gasteiger partial charge in [0.25, 0.3) is 0 Å². The molecule has 0 unspecified atom stereocenters. The third kappa shape index (κ3) is 5.58. The first kappa shape index (κ1) is 17.2. The van der Waals surface area contributed by atoms with E-state index in [1.807, 2.05) is 6.92 Å². The maximum absolute atomic E-state index is 12.3. The second kappa shape index (κ2) is 5.88. The van der Waals surface area contributed by atoms with Gasteiger partial charge in [0.1, 0.15) is 11.2 Å². The maximum Gasteiger partial charge on any atom is 0.339 e. The van der Waals surface area contributed by atoms with Crippen molar-refractivity contribution in [3.8, 4) is 0 Å². The molecule has 21 heavy (non-hydrogen) atoms. The van der Waals surface area contributed by atoms with Gasteiger partial charge in [0, 0.05) is 0 Å². The molecule has 0 bridgehead atoms. The van der Waals surface area contributed by atoms with Crippen molar-refractivity contribution in [1.29, 1.82) is 0 Å². The molecule has 0 heterocycles. The number of rotatable bonds is 2. The summed E-state index contributed by atoms with van der Waals surface area (Å²) in [4.78, 5) is 24.5. The third-order valence-electron chi connectivity index (χ3n) is 2.41. The van der Waals surface area contributed by atoms with Gasteiger partial charge < -0.3 is 9.47 Å². The first-order chi connectivity index (χ1) is 9.39. The highest BCUT2D eigenvalue weighted by atomic mass is 16.6. The molecule has 0 aliphatic rings. The van der Waals surface area contributed by atoms with Crippen molar-refractivity contribution in [1.82, 2.24) is 0 Å². The summed E-state index contributed by atoms with van der Waals surface area (Å²) in [5, 5.41) is 0. The highest BCUT2D eigenvalue weighted by molar-refractivity contribution is 6.03. The molecule has 0 amide bonds. The van der Waals surface area contributed by atoms with Crippen molar-refractivity contribution in [3.05, 3.63) is 34.9 Å². The van der Waals surface area contributed by atoms with Crippen LogP contribution in [0.3, 0.4) is 0 Å². The molecule has 0 saturated heterocycles. The van der Waals surface area contributed by atoms with E-state index in [0.29, 0.717) is 0 Å². The predicted molar refractivity (Wildman–Crippen MR) is 81.5 cm³/mol. The number of carbonyl (C=O) groups excluding carboxylic acids is 2. The molecule has 1 aromatic carbocycles. The molecule has 1 rings (SSSR count). The van der Waals surface area contributed by atoms with Gasteiger partial charge in [-0.15, -0.1) is 0 Å². The molecule has 0 radical (unpaired) electrons. The Morgan fingerprint density at radius 2 is 1.24 bits per heavy atom. The SMILES string of the molecule is Cc1ccc(C(=O)OC(C)(C)C)c(C(=O)OC(C)(C)C)c1. The second-order valence-electron chi connectivity index (χ2n) is 7.05.